The number of carbonyl (C=O) groups is 2. The Morgan fingerprint density at radius 1 is 1.00 bits per heavy atom. The first kappa shape index (κ1) is 26.8. The van der Waals surface area contributed by atoms with Gasteiger partial charge in [-0.1, -0.05) is 40.2 Å². The fourth-order valence-corrected chi connectivity index (χ4v) is 3.65. The summed E-state index contributed by atoms with van der Waals surface area (Å²) in [6.45, 7) is 8.66. The van der Waals surface area contributed by atoms with E-state index in [0.717, 1.165) is 30.0 Å². The van der Waals surface area contributed by atoms with Gasteiger partial charge in [-0.15, -0.1) is 0 Å². The van der Waals surface area contributed by atoms with Crippen molar-refractivity contribution in [3.8, 4) is 17.2 Å². The first-order chi connectivity index (χ1) is 17.2. The Kier molecular flexibility index (Phi) is 8.74. The summed E-state index contributed by atoms with van der Waals surface area (Å²) in [6.07, 6.45) is 1.70. The molecule has 8 nitrogen and oxygen atoms in total. The maximum absolute atomic E-state index is 13.3. The Hall–Kier alpha value is -3.81. The highest BCUT2D eigenvalue weighted by molar-refractivity contribution is 5.99. The molecule has 0 aliphatic carbocycles. The van der Waals surface area contributed by atoms with Gasteiger partial charge in [0.15, 0.2) is 0 Å². The van der Waals surface area contributed by atoms with Crippen LogP contribution >= 0.6 is 0 Å². The second kappa shape index (κ2) is 11.7. The summed E-state index contributed by atoms with van der Waals surface area (Å²) in [4.78, 5) is 28.0. The van der Waals surface area contributed by atoms with E-state index in [2.05, 4.69) is 33.0 Å². The minimum absolute atomic E-state index is 0.0747. The predicted octanol–water partition coefficient (Wildman–Crippen LogP) is 5.07. The van der Waals surface area contributed by atoms with E-state index in [1.165, 1.54) is 0 Å². The Bertz CT molecular complexity index is 1180. The highest BCUT2D eigenvalue weighted by Crippen LogP contribution is 2.27. The van der Waals surface area contributed by atoms with Gasteiger partial charge in [0.1, 0.15) is 23.9 Å². The number of amides is 2. The molecule has 1 aromatic heterocycles. The smallest absolute Gasteiger partial charge is 0.254 e. The van der Waals surface area contributed by atoms with Crippen LogP contribution in [0.5, 0.6) is 11.5 Å². The number of anilines is 1. The number of carbonyl (C=O) groups excluding carboxylic acids is 2. The Morgan fingerprint density at radius 2 is 1.69 bits per heavy atom. The fourth-order valence-electron chi connectivity index (χ4n) is 3.65. The van der Waals surface area contributed by atoms with Crippen LogP contribution in [0.15, 0.2) is 54.6 Å². The third-order valence-electron chi connectivity index (χ3n) is 5.78. The van der Waals surface area contributed by atoms with Crippen LogP contribution in [0.1, 0.15) is 56.6 Å². The van der Waals surface area contributed by atoms with Gasteiger partial charge in [-0.25, -0.2) is 4.68 Å². The lowest BCUT2D eigenvalue weighted by Crippen LogP contribution is -2.39. The monoisotopic (exact) mass is 492 g/mol. The molecule has 1 heterocycles. The van der Waals surface area contributed by atoms with Gasteiger partial charge in [-0.3, -0.25) is 9.59 Å². The summed E-state index contributed by atoms with van der Waals surface area (Å²) < 4.78 is 12.2. The molecule has 8 heteroatoms. The summed E-state index contributed by atoms with van der Waals surface area (Å²) in [5.41, 5.74) is 1.89. The van der Waals surface area contributed by atoms with Crippen LogP contribution in [0.2, 0.25) is 0 Å². The van der Waals surface area contributed by atoms with Crippen LogP contribution in [-0.4, -0.2) is 53.8 Å². The third kappa shape index (κ3) is 6.65. The summed E-state index contributed by atoms with van der Waals surface area (Å²) in [5, 5.41) is 7.74. The number of rotatable bonds is 10. The maximum atomic E-state index is 13.3. The van der Waals surface area contributed by atoms with Crippen molar-refractivity contribution in [3.05, 3.63) is 65.9 Å². The summed E-state index contributed by atoms with van der Waals surface area (Å²) in [5.74, 6) is 1.36. The van der Waals surface area contributed by atoms with Gasteiger partial charge in [-0.2, -0.15) is 5.10 Å². The molecule has 2 aromatic carbocycles. The standard InChI is InChI=1S/C28H36N4O4/c1-7-8-16-31(27(34)20-10-9-11-23(17-20)36-6)19-26(33)29-25-18-24(28(2,3)4)30-32(25)21-12-14-22(35-5)15-13-21/h9-15,17-18H,7-8,16,19H2,1-6H3,(H,29,33). The van der Waals surface area contributed by atoms with Crippen molar-refractivity contribution in [1.29, 1.82) is 0 Å². The number of aromatic nitrogens is 2. The average Bonchev–Trinajstić information content (AvgIpc) is 3.30. The van der Waals surface area contributed by atoms with E-state index in [1.54, 1.807) is 48.1 Å². The van der Waals surface area contributed by atoms with Crippen molar-refractivity contribution < 1.29 is 19.1 Å². The quantitative estimate of drug-likeness (QED) is 0.427. The minimum Gasteiger partial charge on any atom is -0.497 e. The number of benzene rings is 2. The number of unbranched alkanes of at least 4 members (excludes halogenated alkanes) is 1. The lowest BCUT2D eigenvalue weighted by molar-refractivity contribution is -0.117. The van der Waals surface area contributed by atoms with Gasteiger partial charge in [0.2, 0.25) is 5.91 Å². The van der Waals surface area contributed by atoms with Gasteiger partial charge in [0.05, 0.1) is 25.6 Å². The molecule has 0 saturated heterocycles. The predicted molar refractivity (Wildman–Crippen MR) is 141 cm³/mol. The third-order valence-corrected chi connectivity index (χ3v) is 5.78. The van der Waals surface area contributed by atoms with E-state index < -0.39 is 0 Å². The zero-order chi connectivity index (χ0) is 26.3. The normalized spacial score (nSPS) is 11.2. The first-order valence-electron chi connectivity index (χ1n) is 12.1. The van der Waals surface area contributed by atoms with Crippen LogP contribution < -0.4 is 14.8 Å². The van der Waals surface area contributed by atoms with E-state index >= 15 is 0 Å². The van der Waals surface area contributed by atoms with E-state index in [-0.39, 0.29) is 23.8 Å². The Balaban J connectivity index is 1.86. The van der Waals surface area contributed by atoms with Gasteiger partial charge < -0.3 is 19.7 Å². The van der Waals surface area contributed by atoms with Crippen LogP contribution in [0.25, 0.3) is 5.69 Å². The topological polar surface area (TPSA) is 85.7 Å². The molecule has 3 aromatic rings. The summed E-state index contributed by atoms with van der Waals surface area (Å²) in [7, 11) is 3.17. The lowest BCUT2D eigenvalue weighted by atomic mass is 9.92. The SMILES string of the molecule is CCCCN(CC(=O)Nc1cc(C(C)(C)C)nn1-c1ccc(OC)cc1)C(=O)c1cccc(OC)c1. The van der Waals surface area contributed by atoms with E-state index in [0.29, 0.717) is 23.7 Å². The zero-order valence-corrected chi connectivity index (χ0v) is 22.0. The van der Waals surface area contributed by atoms with Crippen LogP contribution in [0.3, 0.4) is 0 Å². The molecule has 0 saturated carbocycles. The summed E-state index contributed by atoms with van der Waals surface area (Å²) in [6, 6.07) is 16.3. The Labute approximate surface area is 213 Å². The molecule has 0 radical (unpaired) electrons. The highest BCUT2D eigenvalue weighted by atomic mass is 16.5. The van der Waals surface area contributed by atoms with Gasteiger partial charge >= 0.3 is 0 Å². The molecule has 192 valence electrons. The minimum atomic E-state index is -0.294. The van der Waals surface area contributed by atoms with Crippen molar-refractivity contribution >= 4 is 17.6 Å². The fraction of sp³-hybridized carbons (Fsp3) is 0.393. The first-order valence-corrected chi connectivity index (χ1v) is 12.1. The molecular weight excluding hydrogens is 456 g/mol. The molecule has 36 heavy (non-hydrogen) atoms. The van der Waals surface area contributed by atoms with Crippen molar-refractivity contribution in [3.63, 3.8) is 0 Å². The second-order valence-corrected chi connectivity index (χ2v) is 9.64. The van der Waals surface area contributed by atoms with Crippen molar-refractivity contribution in [2.45, 2.75) is 46.0 Å². The molecule has 0 bridgehead atoms. The van der Waals surface area contributed by atoms with Crippen molar-refractivity contribution in [2.75, 3.05) is 32.6 Å². The molecule has 1 N–H and O–H groups in total. The van der Waals surface area contributed by atoms with E-state index in [4.69, 9.17) is 14.6 Å². The molecule has 0 aliphatic heterocycles. The highest BCUT2D eigenvalue weighted by Gasteiger charge is 2.23. The van der Waals surface area contributed by atoms with Gasteiger partial charge in [-0.05, 0) is 48.9 Å². The van der Waals surface area contributed by atoms with E-state index in [9.17, 15) is 9.59 Å². The van der Waals surface area contributed by atoms with Crippen molar-refractivity contribution in [2.24, 2.45) is 0 Å². The zero-order valence-electron chi connectivity index (χ0n) is 22.0. The molecule has 0 aliphatic rings. The van der Waals surface area contributed by atoms with E-state index in [1.807, 2.05) is 30.3 Å². The number of hydrogen-bond donors (Lipinski definition) is 1. The number of ether oxygens (including phenoxy) is 2. The molecule has 2 amide bonds. The lowest BCUT2D eigenvalue weighted by Gasteiger charge is -2.22. The number of hydrogen-bond acceptors (Lipinski definition) is 5. The van der Waals surface area contributed by atoms with Crippen LogP contribution in [-0.2, 0) is 10.2 Å². The largest absolute Gasteiger partial charge is 0.497 e. The summed E-state index contributed by atoms with van der Waals surface area (Å²) >= 11 is 0. The van der Waals surface area contributed by atoms with Crippen LogP contribution in [0, 0.1) is 0 Å². The molecule has 0 unspecified atom stereocenters. The molecular formula is C28H36N4O4. The molecule has 0 fully saturated rings. The number of nitrogens with zero attached hydrogens (tertiary/aromatic N) is 3. The molecule has 3 rings (SSSR count). The molecule has 0 spiro atoms. The molecule has 0 atom stereocenters. The van der Waals surface area contributed by atoms with Crippen LogP contribution in [0.4, 0.5) is 5.82 Å². The van der Waals surface area contributed by atoms with Gasteiger partial charge in [0.25, 0.3) is 5.91 Å². The number of nitrogens with one attached hydrogen (secondary N) is 1. The second-order valence-electron chi connectivity index (χ2n) is 9.64. The number of methoxy groups -OCH3 is 2. The average molecular weight is 493 g/mol. The maximum Gasteiger partial charge on any atom is 0.254 e. The van der Waals surface area contributed by atoms with Gasteiger partial charge in [0, 0.05) is 23.6 Å². The van der Waals surface area contributed by atoms with Crippen molar-refractivity contribution in [1.82, 2.24) is 14.7 Å². The Morgan fingerprint density at radius 3 is 2.31 bits per heavy atom.